The number of carbonyl (C=O) groups is 1. The molecule has 0 amide bonds. The number of carboxylic acids is 1. The summed E-state index contributed by atoms with van der Waals surface area (Å²) < 4.78 is 2.51. The van der Waals surface area contributed by atoms with Crippen LogP contribution in [0.25, 0.3) is 0 Å². The van der Waals surface area contributed by atoms with Crippen LogP contribution in [0.4, 0.5) is 11.4 Å². The third-order valence-corrected chi connectivity index (χ3v) is 13.9. The lowest BCUT2D eigenvalue weighted by molar-refractivity contribution is -0.504. The Kier molecular flexibility index (Phi) is 6.12. The van der Waals surface area contributed by atoms with E-state index in [1.54, 1.807) is 0 Å². The van der Waals surface area contributed by atoms with Gasteiger partial charge in [0.05, 0.1) is 11.4 Å². The summed E-state index contributed by atoms with van der Waals surface area (Å²) in [5.41, 5.74) is 5.31. The summed E-state index contributed by atoms with van der Waals surface area (Å²) in [5, 5.41) is 12.2. The minimum atomic E-state index is -2.24. The number of benzene rings is 1. The number of aliphatic imine (C=N–C) groups is 1. The molecule has 1 aromatic rings. The number of hydrogen-bond donors (Lipinski definition) is 1. The highest BCUT2D eigenvalue weighted by atomic mass is 28.3. The van der Waals surface area contributed by atoms with E-state index in [2.05, 4.69) is 59.8 Å². The first-order valence-electron chi connectivity index (χ1n) is 12.7. The number of nitrogens with zero attached hydrogens (tertiary/aromatic N) is 3. The molecule has 5 nitrogen and oxygen atoms in total. The third kappa shape index (κ3) is 4.03. The number of aliphatic carboxylic acids is 1. The molecule has 33 heavy (non-hydrogen) atoms. The quantitative estimate of drug-likeness (QED) is 0.382. The molecule has 1 N–H and O–H groups in total. The molecule has 0 spiro atoms. The van der Waals surface area contributed by atoms with Crippen molar-refractivity contribution in [2.45, 2.75) is 64.0 Å². The molecule has 3 aliphatic heterocycles. The highest BCUT2D eigenvalue weighted by Gasteiger charge is 2.48. The first kappa shape index (κ1) is 22.3. The van der Waals surface area contributed by atoms with Crippen LogP contribution in [0.5, 0.6) is 0 Å². The third-order valence-electron chi connectivity index (χ3n) is 8.05. The standard InChI is InChI=1S/C27H35N3O2Si/c1-20(2)33(17-7-8-27(31)32)25-18-21(29-13-3-4-14-29)9-11-23(25)28-24-12-10-22(19-26(24)33)30-15-5-6-16-30/h9-12,18-20H,3-8,13-17H2,1-2H3/p+1. The zero-order chi connectivity index (χ0) is 23.0. The number of carboxylic acid groups (broad SMARTS) is 1. The van der Waals surface area contributed by atoms with Gasteiger partial charge in [0.15, 0.2) is 5.71 Å². The Morgan fingerprint density at radius 3 is 2.61 bits per heavy atom. The average Bonchev–Trinajstić information content (AvgIpc) is 3.52. The molecule has 0 aromatic heterocycles. The van der Waals surface area contributed by atoms with Gasteiger partial charge in [-0.25, -0.2) is 9.57 Å². The van der Waals surface area contributed by atoms with Gasteiger partial charge in [-0.2, -0.15) is 0 Å². The van der Waals surface area contributed by atoms with E-state index in [-0.39, 0.29) is 6.42 Å². The highest BCUT2D eigenvalue weighted by Crippen LogP contribution is 2.42. The Morgan fingerprint density at radius 1 is 1.15 bits per heavy atom. The SMILES string of the molecule is CC(C)[Si]1(CCCC(=O)O)C2=CC(=[N+]3CCCC3)C=CC2=Nc2ccc(N3CCCC3)cc21. The summed E-state index contributed by atoms with van der Waals surface area (Å²) in [7, 11) is -2.24. The fraction of sp³-hybridized carbons (Fsp3) is 0.519. The lowest BCUT2D eigenvalue weighted by atomic mass is 10.1. The van der Waals surface area contributed by atoms with E-state index in [1.165, 1.54) is 47.5 Å². The van der Waals surface area contributed by atoms with Crippen LogP contribution in [0.3, 0.4) is 0 Å². The van der Waals surface area contributed by atoms with Crippen molar-refractivity contribution in [1.29, 1.82) is 0 Å². The molecule has 2 fully saturated rings. The van der Waals surface area contributed by atoms with Gasteiger partial charge < -0.3 is 10.0 Å². The van der Waals surface area contributed by atoms with E-state index in [9.17, 15) is 9.90 Å². The van der Waals surface area contributed by atoms with E-state index < -0.39 is 14.0 Å². The summed E-state index contributed by atoms with van der Waals surface area (Å²) in [6.07, 6.45) is 12.9. The maximum absolute atomic E-state index is 11.4. The second-order valence-electron chi connectivity index (χ2n) is 10.3. The van der Waals surface area contributed by atoms with Gasteiger partial charge in [-0.05, 0) is 65.5 Å². The molecular weight excluding hydrogens is 426 g/mol. The molecule has 1 aliphatic carbocycles. The molecule has 1 aromatic carbocycles. The predicted octanol–water partition coefficient (Wildman–Crippen LogP) is 4.59. The van der Waals surface area contributed by atoms with E-state index >= 15 is 0 Å². The molecule has 6 heteroatoms. The minimum Gasteiger partial charge on any atom is -0.481 e. The first-order chi connectivity index (χ1) is 16.0. The summed E-state index contributed by atoms with van der Waals surface area (Å²) in [4.78, 5) is 19.1. The predicted molar refractivity (Wildman–Crippen MR) is 139 cm³/mol. The van der Waals surface area contributed by atoms with Crippen molar-refractivity contribution >= 4 is 42.0 Å². The van der Waals surface area contributed by atoms with Crippen LogP contribution >= 0.6 is 0 Å². The maximum Gasteiger partial charge on any atom is 0.303 e. The largest absolute Gasteiger partial charge is 0.481 e. The smallest absolute Gasteiger partial charge is 0.303 e. The summed E-state index contributed by atoms with van der Waals surface area (Å²) in [6.45, 7) is 9.22. The van der Waals surface area contributed by atoms with Crippen molar-refractivity contribution in [3.8, 4) is 0 Å². The fourth-order valence-electron chi connectivity index (χ4n) is 6.28. The number of hydrogen-bond acceptors (Lipinski definition) is 3. The Balaban J connectivity index is 1.67. The lowest BCUT2D eigenvalue weighted by Gasteiger charge is -2.43. The summed E-state index contributed by atoms with van der Waals surface area (Å²) in [6, 6.07) is 7.86. The molecule has 0 bridgehead atoms. The van der Waals surface area contributed by atoms with Crippen LogP contribution in [0.1, 0.15) is 52.4 Å². The van der Waals surface area contributed by atoms with E-state index in [1.807, 2.05) is 0 Å². The molecule has 0 radical (unpaired) electrons. The van der Waals surface area contributed by atoms with Gasteiger partial charge in [-0.15, -0.1) is 0 Å². The number of fused-ring (bicyclic) bond motifs is 2. The van der Waals surface area contributed by atoms with Crippen LogP contribution < -0.4 is 10.1 Å². The Morgan fingerprint density at radius 2 is 1.91 bits per heavy atom. The van der Waals surface area contributed by atoms with Gasteiger partial charge in [0, 0.05) is 50.2 Å². The first-order valence-corrected chi connectivity index (χ1v) is 15.0. The van der Waals surface area contributed by atoms with E-state index in [0.717, 1.165) is 50.0 Å². The molecule has 2 saturated heterocycles. The van der Waals surface area contributed by atoms with Gasteiger partial charge in [0.2, 0.25) is 0 Å². The van der Waals surface area contributed by atoms with Crippen molar-refractivity contribution in [3.05, 3.63) is 41.6 Å². The molecule has 3 heterocycles. The van der Waals surface area contributed by atoms with Crippen molar-refractivity contribution in [2.24, 2.45) is 4.99 Å². The van der Waals surface area contributed by atoms with Gasteiger partial charge in [0.25, 0.3) is 0 Å². The normalized spacial score (nSPS) is 24.2. The zero-order valence-corrected chi connectivity index (χ0v) is 21.0. The lowest BCUT2D eigenvalue weighted by Crippen LogP contribution is -2.57. The Hall–Kier alpha value is -2.47. The number of rotatable bonds is 6. The Bertz CT molecular complexity index is 1070. The summed E-state index contributed by atoms with van der Waals surface area (Å²) in [5.74, 6) is -0.694. The monoisotopic (exact) mass is 462 g/mol. The van der Waals surface area contributed by atoms with Crippen molar-refractivity contribution in [1.82, 2.24) is 0 Å². The second kappa shape index (κ2) is 9.05. The van der Waals surface area contributed by atoms with Crippen molar-refractivity contribution in [3.63, 3.8) is 0 Å². The van der Waals surface area contributed by atoms with Gasteiger partial charge >= 0.3 is 5.97 Å². The molecule has 0 saturated carbocycles. The summed E-state index contributed by atoms with van der Waals surface area (Å²) >= 11 is 0. The van der Waals surface area contributed by atoms with Gasteiger partial charge in [-0.3, -0.25) is 4.79 Å². The Labute approximate surface area is 198 Å². The number of allylic oxidation sites excluding steroid dienone is 4. The molecule has 1 atom stereocenters. The molecule has 4 aliphatic rings. The van der Waals surface area contributed by atoms with Crippen molar-refractivity contribution < 1.29 is 14.5 Å². The van der Waals surface area contributed by atoms with Crippen LogP contribution in [-0.4, -0.2) is 61.3 Å². The van der Waals surface area contributed by atoms with Crippen molar-refractivity contribution in [2.75, 3.05) is 31.1 Å². The molecule has 1 unspecified atom stereocenters. The molecular formula is C27H36N3O2Si+. The van der Waals surface area contributed by atoms with Crippen LogP contribution in [-0.2, 0) is 4.79 Å². The van der Waals surface area contributed by atoms with Gasteiger partial charge in [-0.1, -0.05) is 13.8 Å². The van der Waals surface area contributed by atoms with E-state index in [0.29, 0.717) is 5.54 Å². The molecule has 174 valence electrons. The second-order valence-corrected chi connectivity index (χ2v) is 15.0. The minimum absolute atomic E-state index is 0.237. The maximum atomic E-state index is 11.4. The van der Waals surface area contributed by atoms with Crippen LogP contribution in [0, 0.1) is 0 Å². The highest BCUT2D eigenvalue weighted by molar-refractivity contribution is 7.03. The topological polar surface area (TPSA) is 55.9 Å². The number of anilines is 1. The molecule has 5 rings (SSSR count). The average molecular weight is 463 g/mol. The van der Waals surface area contributed by atoms with E-state index in [4.69, 9.17) is 4.99 Å². The van der Waals surface area contributed by atoms with Crippen LogP contribution in [0.15, 0.2) is 46.6 Å². The van der Waals surface area contributed by atoms with Gasteiger partial charge in [0.1, 0.15) is 21.2 Å². The van der Waals surface area contributed by atoms with Crippen LogP contribution in [0.2, 0.25) is 11.6 Å². The fourth-order valence-corrected chi connectivity index (χ4v) is 11.7. The zero-order valence-electron chi connectivity index (χ0n) is 20.0.